The number of aromatic nitrogens is 4. The molecule has 0 saturated heterocycles. The summed E-state index contributed by atoms with van der Waals surface area (Å²) in [5.41, 5.74) is 1.15. The molecule has 0 bridgehead atoms. The van der Waals surface area contributed by atoms with Gasteiger partial charge >= 0.3 is 11.7 Å². The van der Waals surface area contributed by atoms with Gasteiger partial charge in [-0.05, 0) is 36.6 Å². The van der Waals surface area contributed by atoms with Crippen molar-refractivity contribution in [2.75, 3.05) is 11.9 Å². The van der Waals surface area contributed by atoms with Crippen LogP contribution in [-0.2, 0) is 40.9 Å². The van der Waals surface area contributed by atoms with E-state index >= 15 is 0 Å². The van der Waals surface area contributed by atoms with Gasteiger partial charge in [-0.2, -0.15) is 0 Å². The molecule has 0 spiro atoms. The predicted octanol–water partition coefficient (Wildman–Crippen LogP) is 1.23. The molecule has 0 saturated carbocycles. The first-order chi connectivity index (χ1) is 15.9. The Balaban J connectivity index is 1.42. The van der Waals surface area contributed by atoms with E-state index in [9.17, 15) is 19.2 Å². The molecule has 0 radical (unpaired) electrons. The van der Waals surface area contributed by atoms with Gasteiger partial charge in [0.1, 0.15) is 18.2 Å². The highest BCUT2D eigenvalue weighted by Crippen LogP contribution is 2.26. The molecule has 0 fully saturated rings. The van der Waals surface area contributed by atoms with Crippen molar-refractivity contribution >= 4 is 28.7 Å². The number of rotatable bonds is 8. The monoisotopic (exact) mass is 455 g/mol. The molecule has 3 aromatic rings. The van der Waals surface area contributed by atoms with Gasteiger partial charge in [0, 0.05) is 25.7 Å². The number of fused-ring (bicyclic) bond motifs is 2. The number of amides is 1. The van der Waals surface area contributed by atoms with Crippen molar-refractivity contribution in [2.24, 2.45) is 7.05 Å². The van der Waals surface area contributed by atoms with Crippen LogP contribution in [0.5, 0.6) is 5.75 Å². The normalized spacial score (nSPS) is 13.0. The van der Waals surface area contributed by atoms with Crippen LogP contribution in [0.15, 0.2) is 27.8 Å². The molecular formula is C22H25N5O6. The average Bonchev–Trinajstić information content (AvgIpc) is 3.12. The van der Waals surface area contributed by atoms with Crippen molar-refractivity contribution in [3.8, 4) is 5.75 Å². The minimum Gasteiger partial charge on any atom is -0.482 e. The molecule has 11 heteroatoms. The Morgan fingerprint density at radius 1 is 1.21 bits per heavy atom. The van der Waals surface area contributed by atoms with E-state index in [1.807, 2.05) is 6.92 Å². The Morgan fingerprint density at radius 2 is 2.03 bits per heavy atom. The van der Waals surface area contributed by atoms with Crippen molar-refractivity contribution < 1.29 is 19.1 Å². The number of aromatic amines is 1. The summed E-state index contributed by atoms with van der Waals surface area (Å²) in [5, 5.41) is 2.79. The molecule has 1 aliphatic rings. The Hall–Kier alpha value is -3.89. The third kappa shape index (κ3) is 4.66. The minimum atomic E-state index is -0.606. The summed E-state index contributed by atoms with van der Waals surface area (Å²) < 4.78 is 13.7. The van der Waals surface area contributed by atoms with Gasteiger partial charge in [0.25, 0.3) is 5.56 Å². The second kappa shape index (κ2) is 9.31. The Bertz CT molecular complexity index is 1340. The number of carbonyl (C=O) groups is 2. The zero-order valence-electron chi connectivity index (χ0n) is 18.5. The van der Waals surface area contributed by atoms with Crippen LogP contribution < -0.4 is 21.3 Å². The van der Waals surface area contributed by atoms with E-state index < -0.39 is 17.2 Å². The fourth-order valence-electron chi connectivity index (χ4n) is 3.72. The maximum Gasteiger partial charge on any atom is 0.344 e. The second-order valence-electron chi connectivity index (χ2n) is 7.84. The topological polar surface area (TPSA) is 137 Å². The number of aryl methyl sites for hydroxylation is 3. The molecule has 11 nitrogen and oxygen atoms in total. The van der Waals surface area contributed by atoms with Crippen LogP contribution >= 0.6 is 0 Å². The van der Waals surface area contributed by atoms with E-state index in [0.29, 0.717) is 31.0 Å². The van der Waals surface area contributed by atoms with Crippen LogP contribution in [0.2, 0.25) is 0 Å². The Labute approximate surface area is 188 Å². The maximum atomic E-state index is 12.3. The summed E-state index contributed by atoms with van der Waals surface area (Å²) in [5.74, 6) is 0.205. The van der Waals surface area contributed by atoms with Gasteiger partial charge in [0.2, 0.25) is 5.91 Å². The lowest BCUT2D eigenvalue weighted by Gasteiger charge is -2.17. The number of hydrogen-bond acceptors (Lipinski definition) is 7. The Morgan fingerprint density at radius 3 is 2.82 bits per heavy atom. The molecule has 1 aliphatic heterocycles. The predicted molar refractivity (Wildman–Crippen MR) is 119 cm³/mol. The van der Waals surface area contributed by atoms with Crippen LogP contribution in [0.1, 0.15) is 37.6 Å². The lowest BCUT2D eigenvalue weighted by molar-refractivity contribution is -0.147. The van der Waals surface area contributed by atoms with Gasteiger partial charge in [-0.1, -0.05) is 13.3 Å². The van der Waals surface area contributed by atoms with Gasteiger partial charge in [-0.3, -0.25) is 19.1 Å². The number of carbonyl (C=O) groups excluding carboxylic acids is 2. The summed E-state index contributed by atoms with van der Waals surface area (Å²) in [6.07, 6.45) is 2.65. The average molecular weight is 455 g/mol. The minimum absolute atomic E-state index is 0.0222. The lowest BCUT2D eigenvalue weighted by Crippen LogP contribution is -2.31. The lowest BCUT2D eigenvalue weighted by atomic mass is 10.0. The summed E-state index contributed by atoms with van der Waals surface area (Å²) in [6.45, 7) is 1.94. The highest BCUT2D eigenvalue weighted by Gasteiger charge is 2.18. The molecule has 0 atom stereocenters. The van der Waals surface area contributed by atoms with E-state index in [2.05, 4.69) is 15.3 Å². The van der Waals surface area contributed by atoms with Gasteiger partial charge in [-0.15, -0.1) is 0 Å². The van der Waals surface area contributed by atoms with Gasteiger partial charge in [0.15, 0.2) is 17.8 Å². The Kier molecular flexibility index (Phi) is 6.29. The molecular weight excluding hydrogens is 430 g/mol. The van der Waals surface area contributed by atoms with Gasteiger partial charge in [-0.25, -0.2) is 14.6 Å². The number of unbranched alkanes of at least 4 members (excludes halogenated alkanes) is 1. The van der Waals surface area contributed by atoms with Crippen LogP contribution in [0.4, 0.5) is 5.69 Å². The number of nitrogens with zero attached hydrogens (tertiary/aromatic N) is 3. The summed E-state index contributed by atoms with van der Waals surface area (Å²) in [7, 11) is 1.63. The van der Waals surface area contributed by atoms with Crippen molar-refractivity contribution in [1.82, 2.24) is 19.1 Å². The van der Waals surface area contributed by atoms with Gasteiger partial charge < -0.3 is 19.4 Å². The van der Waals surface area contributed by atoms with Crippen LogP contribution in [-0.4, -0.2) is 37.6 Å². The summed E-state index contributed by atoms with van der Waals surface area (Å²) in [6, 6.07) is 5.20. The number of esters is 1. The van der Waals surface area contributed by atoms with Crippen LogP contribution in [0.25, 0.3) is 11.2 Å². The molecule has 0 aliphatic carbocycles. The van der Waals surface area contributed by atoms with E-state index in [1.165, 1.54) is 9.13 Å². The first-order valence-corrected chi connectivity index (χ1v) is 10.8. The summed E-state index contributed by atoms with van der Waals surface area (Å²) >= 11 is 0. The smallest absolute Gasteiger partial charge is 0.344 e. The third-order valence-electron chi connectivity index (χ3n) is 5.53. The molecule has 1 aromatic carbocycles. The first kappa shape index (κ1) is 22.3. The van der Waals surface area contributed by atoms with E-state index in [4.69, 9.17) is 9.47 Å². The number of nitrogens with one attached hydrogen (secondary N) is 2. The molecule has 2 aromatic heterocycles. The fourth-order valence-corrected chi connectivity index (χ4v) is 3.72. The number of imidazole rings is 1. The van der Waals surface area contributed by atoms with Crippen molar-refractivity contribution in [3.63, 3.8) is 0 Å². The fraction of sp³-hybridized carbons (Fsp3) is 0.409. The molecule has 33 heavy (non-hydrogen) atoms. The number of anilines is 1. The van der Waals surface area contributed by atoms with Gasteiger partial charge in [0.05, 0.1) is 0 Å². The SMILES string of the molecule is CCCCn1c(=O)[nH]c(=O)c2c1nc(COC(=O)COc1ccc3c(c1)CCC(=O)N3)n2C. The zero-order valence-corrected chi connectivity index (χ0v) is 18.5. The standard InChI is InChI=1S/C22H25N5O6/c1-3-4-9-27-20-19(21(30)25-22(27)31)26(2)16(24-20)11-33-18(29)12-32-14-6-7-15-13(10-14)5-8-17(28)23-15/h6-7,10H,3-5,8-9,11-12H2,1-2H3,(H,23,28)(H,25,30,31). The van der Waals surface area contributed by atoms with E-state index in [0.717, 1.165) is 24.1 Å². The number of ether oxygens (including phenoxy) is 2. The van der Waals surface area contributed by atoms with Crippen LogP contribution in [0, 0.1) is 0 Å². The van der Waals surface area contributed by atoms with Crippen molar-refractivity contribution in [2.45, 2.75) is 45.8 Å². The number of benzene rings is 1. The molecule has 3 heterocycles. The number of H-pyrrole nitrogens is 1. The molecule has 0 unspecified atom stereocenters. The first-order valence-electron chi connectivity index (χ1n) is 10.8. The van der Waals surface area contributed by atoms with Crippen molar-refractivity contribution in [1.29, 1.82) is 0 Å². The number of hydrogen-bond donors (Lipinski definition) is 2. The van der Waals surface area contributed by atoms with E-state index in [1.54, 1.807) is 25.2 Å². The highest BCUT2D eigenvalue weighted by molar-refractivity contribution is 5.94. The molecule has 2 N–H and O–H groups in total. The molecule has 1 amide bonds. The highest BCUT2D eigenvalue weighted by atomic mass is 16.6. The van der Waals surface area contributed by atoms with E-state index in [-0.39, 0.29) is 30.3 Å². The van der Waals surface area contributed by atoms with Crippen LogP contribution in [0.3, 0.4) is 0 Å². The maximum absolute atomic E-state index is 12.3. The molecule has 4 rings (SSSR count). The largest absolute Gasteiger partial charge is 0.482 e. The second-order valence-corrected chi connectivity index (χ2v) is 7.84. The zero-order chi connectivity index (χ0) is 23.5. The third-order valence-corrected chi connectivity index (χ3v) is 5.53. The summed E-state index contributed by atoms with van der Waals surface area (Å²) in [4.78, 5) is 54.9. The molecule has 174 valence electrons. The van der Waals surface area contributed by atoms with Crippen molar-refractivity contribution in [3.05, 3.63) is 50.4 Å². The quantitative estimate of drug-likeness (QED) is 0.487.